The number of carboxylic acid groups (broad SMARTS) is 2. The molecule has 0 aliphatic rings. The molecule has 0 heterocycles. The Labute approximate surface area is 195 Å². The maximum atomic E-state index is 13.8. The summed E-state index contributed by atoms with van der Waals surface area (Å²) in [5, 5.41) is 28.4. The molecule has 0 radical (unpaired) electrons. The fourth-order valence-corrected chi connectivity index (χ4v) is 3.84. The van der Waals surface area contributed by atoms with E-state index in [1.807, 2.05) is 0 Å². The molecular weight excluding hydrogens is 440 g/mol. The van der Waals surface area contributed by atoms with E-state index < -0.39 is 47.7 Å². The number of aliphatic carboxylic acids is 2. The average Bonchev–Trinajstić information content (AvgIpc) is 2.81. The van der Waals surface area contributed by atoms with Gasteiger partial charge in [-0.25, -0.2) is 9.59 Å². The summed E-state index contributed by atoms with van der Waals surface area (Å²) < 4.78 is 5.11. The summed E-state index contributed by atoms with van der Waals surface area (Å²) in [6.45, 7) is 0. The molecule has 0 saturated heterocycles. The van der Waals surface area contributed by atoms with Crippen LogP contribution in [0.3, 0.4) is 0 Å². The molecule has 34 heavy (non-hydrogen) atoms. The molecule has 0 aliphatic carbocycles. The van der Waals surface area contributed by atoms with Crippen molar-refractivity contribution in [2.24, 2.45) is 0 Å². The van der Waals surface area contributed by atoms with Crippen molar-refractivity contribution in [2.75, 3.05) is 0 Å². The number of ether oxygens (including phenoxy) is 1. The molecule has 0 aromatic heterocycles. The summed E-state index contributed by atoms with van der Waals surface area (Å²) in [4.78, 5) is 48.8. The Morgan fingerprint density at radius 1 is 0.647 bits per heavy atom. The van der Waals surface area contributed by atoms with Gasteiger partial charge in [0.05, 0.1) is 12.8 Å². The van der Waals surface area contributed by atoms with Crippen LogP contribution in [0.15, 0.2) is 91.0 Å². The SMILES string of the molecule is O=C(O)CC(O)(CC(=O)OC(=O)C(c1ccccc1)(c1ccccc1)c1ccccc1)C(=O)O. The Balaban J connectivity index is 2.10. The van der Waals surface area contributed by atoms with E-state index in [2.05, 4.69) is 0 Å². The largest absolute Gasteiger partial charge is 0.481 e. The fourth-order valence-electron chi connectivity index (χ4n) is 3.84. The Morgan fingerprint density at radius 3 is 1.35 bits per heavy atom. The first-order valence-corrected chi connectivity index (χ1v) is 10.3. The molecule has 0 bridgehead atoms. The number of rotatable bonds is 9. The molecule has 3 N–H and O–H groups in total. The summed E-state index contributed by atoms with van der Waals surface area (Å²) in [6.07, 6.45) is -2.47. The zero-order valence-corrected chi connectivity index (χ0v) is 18.0. The van der Waals surface area contributed by atoms with Gasteiger partial charge >= 0.3 is 23.9 Å². The molecule has 0 saturated carbocycles. The van der Waals surface area contributed by atoms with Gasteiger partial charge in [0.15, 0.2) is 5.60 Å². The summed E-state index contributed by atoms with van der Waals surface area (Å²) in [7, 11) is 0. The average molecular weight is 462 g/mol. The summed E-state index contributed by atoms with van der Waals surface area (Å²) in [5.41, 5.74) is -3.07. The first-order valence-electron chi connectivity index (χ1n) is 10.3. The highest BCUT2D eigenvalue weighted by Crippen LogP contribution is 2.40. The van der Waals surface area contributed by atoms with E-state index in [1.165, 1.54) is 0 Å². The van der Waals surface area contributed by atoms with E-state index in [0.29, 0.717) is 16.7 Å². The molecule has 1 atom stereocenters. The molecule has 1 unspecified atom stereocenters. The zero-order valence-electron chi connectivity index (χ0n) is 18.0. The first-order chi connectivity index (χ1) is 16.2. The third-order valence-electron chi connectivity index (χ3n) is 5.41. The molecule has 0 amide bonds. The van der Waals surface area contributed by atoms with E-state index in [4.69, 9.17) is 9.84 Å². The second kappa shape index (κ2) is 10.1. The van der Waals surface area contributed by atoms with Crippen molar-refractivity contribution in [2.45, 2.75) is 23.9 Å². The third kappa shape index (κ3) is 4.87. The van der Waals surface area contributed by atoms with Gasteiger partial charge in [-0.3, -0.25) is 9.59 Å². The molecule has 3 aromatic rings. The topological polar surface area (TPSA) is 138 Å². The van der Waals surface area contributed by atoms with Gasteiger partial charge in [-0.15, -0.1) is 0 Å². The normalized spacial score (nSPS) is 12.9. The number of aliphatic hydroxyl groups is 1. The van der Waals surface area contributed by atoms with Crippen molar-refractivity contribution in [3.8, 4) is 0 Å². The molecular formula is C26H22O8. The monoisotopic (exact) mass is 462 g/mol. The van der Waals surface area contributed by atoms with Crippen LogP contribution in [0.4, 0.5) is 0 Å². The fraction of sp³-hybridized carbons (Fsp3) is 0.154. The van der Waals surface area contributed by atoms with Gasteiger partial charge in [0, 0.05) is 0 Å². The lowest BCUT2D eigenvalue weighted by molar-refractivity contribution is -0.175. The van der Waals surface area contributed by atoms with Gasteiger partial charge in [-0.2, -0.15) is 0 Å². The van der Waals surface area contributed by atoms with Crippen LogP contribution in [-0.4, -0.2) is 44.8 Å². The number of carboxylic acids is 2. The van der Waals surface area contributed by atoms with Gasteiger partial charge in [0.2, 0.25) is 0 Å². The second-order valence-electron chi connectivity index (χ2n) is 7.69. The van der Waals surface area contributed by atoms with E-state index in [0.717, 1.165) is 0 Å². The number of hydrogen-bond donors (Lipinski definition) is 3. The highest BCUT2D eigenvalue weighted by molar-refractivity contribution is 5.99. The third-order valence-corrected chi connectivity index (χ3v) is 5.41. The lowest BCUT2D eigenvalue weighted by Gasteiger charge is -2.33. The minimum Gasteiger partial charge on any atom is -0.481 e. The van der Waals surface area contributed by atoms with Crippen molar-refractivity contribution >= 4 is 23.9 Å². The molecule has 3 aromatic carbocycles. The van der Waals surface area contributed by atoms with Gasteiger partial charge in [-0.05, 0) is 16.7 Å². The number of esters is 2. The highest BCUT2D eigenvalue weighted by Gasteiger charge is 2.48. The minimum absolute atomic E-state index is 0.490. The van der Waals surface area contributed by atoms with Crippen LogP contribution in [0, 0.1) is 0 Å². The predicted octanol–water partition coefficient (Wildman–Crippen LogP) is 2.77. The van der Waals surface area contributed by atoms with E-state index in [9.17, 15) is 29.4 Å². The van der Waals surface area contributed by atoms with Crippen molar-refractivity contribution in [1.29, 1.82) is 0 Å². The summed E-state index contributed by atoms with van der Waals surface area (Å²) >= 11 is 0. The van der Waals surface area contributed by atoms with Crippen LogP contribution in [0.25, 0.3) is 0 Å². The molecule has 0 aliphatic heterocycles. The van der Waals surface area contributed by atoms with Crippen LogP contribution < -0.4 is 0 Å². The Morgan fingerprint density at radius 2 is 1.03 bits per heavy atom. The first kappa shape index (κ1) is 24.3. The standard InChI is InChI=1S/C26H22O8/c27-21(28)16-25(33,23(30)31)17-22(29)34-24(32)26(18-10-4-1-5-11-18,19-12-6-2-7-13-19)20-14-8-3-9-15-20/h1-15,33H,16-17H2,(H,27,28)(H,30,31). The Hall–Kier alpha value is -4.30. The van der Waals surface area contributed by atoms with Gasteiger partial charge in [0.1, 0.15) is 5.41 Å². The van der Waals surface area contributed by atoms with Crippen LogP contribution >= 0.6 is 0 Å². The van der Waals surface area contributed by atoms with E-state index >= 15 is 0 Å². The Kier molecular flexibility index (Phi) is 7.23. The second-order valence-corrected chi connectivity index (χ2v) is 7.69. The number of carbonyl (C=O) groups excluding carboxylic acids is 2. The van der Waals surface area contributed by atoms with Gasteiger partial charge < -0.3 is 20.1 Å². The van der Waals surface area contributed by atoms with Crippen molar-refractivity contribution in [3.63, 3.8) is 0 Å². The number of carbonyl (C=O) groups is 4. The molecule has 0 spiro atoms. The molecule has 0 fully saturated rings. The number of benzene rings is 3. The molecule has 174 valence electrons. The predicted molar refractivity (Wildman–Crippen MR) is 120 cm³/mol. The zero-order chi connectivity index (χ0) is 24.8. The summed E-state index contributed by atoms with van der Waals surface area (Å²) in [5.74, 6) is -5.94. The minimum atomic E-state index is -2.93. The van der Waals surface area contributed by atoms with E-state index in [-0.39, 0.29) is 0 Å². The quantitative estimate of drug-likeness (QED) is 0.251. The maximum Gasteiger partial charge on any atom is 0.336 e. The van der Waals surface area contributed by atoms with Crippen LogP contribution in [0.5, 0.6) is 0 Å². The lowest BCUT2D eigenvalue weighted by atomic mass is 9.69. The van der Waals surface area contributed by atoms with Crippen molar-refractivity contribution in [3.05, 3.63) is 108 Å². The molecule has 3 rings (SSSR count). The van der Waals surface area contributed by atoms with Crippen molar-refractivity contribution < 1.29 is 39.2 Å². The maximum absolute atomic E-state index is 13.8. The summed E-state index contributed by atoms with van der Waals surface area (Å²) in [6, 6.07) is 25.8. The van der Waals surface area contributed by atoms with Gasteiger partial charge in [0.25, 0.3) is 0 Å². The van der Waals surface area contributed by atoms with Crippen LogP contribution in [-0.2, 0) is 29.3 Å². The van der Waals surface area contributed by atoms with Crippen LogP contribution in [0.2, 0.25) is 0 Å². The highest BCUT2D eigenvalue weighted by atomic mass is 16.6. The number of hydrogen-bond acceptors (Lipinski definition) is 6. The smallest absolute Gasteiger partial charge is 0.336 e. The lowest BCUT2D eigenvalue weighted by Crippen LogP contribution is -2.45. The van der Waals surface area contributed by atoms with Crippen LogP contribution in [0.1, 0.15) is 29.5 Å². The Bertz CT molecular complexity index is 1080. The molecule has 8 nitrogen and oxygen atoms in total. The van der Waals surface area contributed by atoms with Crippen molar-refractivity contribution in [1.82, 2.24) is 0 Å². The van der Waals surface area contributed by atoms with Gasteiger partial charge in [-0.1, -0.05) is 91.0 Å². The molecule has 8 heteroatoms. The van der Waals surface area contributed by atoms with E-state index in [1.54, 1.807) is 91.0 Å².